The van der Waals surface area contributed by atoms with Crippen molar-refractivity contribution in [3.8, 4) is 0 Å². The van der Waals surface area contributed by atoms with Gasteiger partial charge < -0.3 is 0 Å². The van der Waals surface area contributed by atoms with E-state index in [1.54, 1.807) is 0 Å². The van der Waals surface area contributed by atoms with Crippen LogP contribution in [0.15, 0.2) is 12.2 Å². The zero-order valence-electron chi connectivity index (χ0n) is 10.1. The van der Waals surface area contributed by atoms with E-state index in [4.69, 9.17) is 0 Å². The first-order valence-electron chi connectivity index (χ1n) is 6.20. The summed E-state index contributed by atoms with van der Waals surface area (Å²) in [6.45, 7) is 10.1. The summed E-state index contributed by atoms with van der Waals surface area (Å²) in [6.07, 6.45) is 9.38. The van der Waals surface area contributed by atoms with Gasteiger partial charge in [-0.2, -0.15) is 0 Å². The van der Waals surface area contributed by atoms with E-state index < -0.39 is 8.07 Å². The Morgan fingerprint density at radius 3 is 2.29 bits per heavy atom. The molecular weight excluding hydrogens is 184 g/mol. The lowest BCUT2D eigenvalue weighted by molar-refractivity contribution is 0.402. The first kappa shape index (κ1) is 10.5. The average Bonchev–Trinajstić information content (AvgIpc) is 2.63. The summed E-state index contributed by atoms with van der Waals surface area (Å²) in [6, 6.07) is 0. The topological polar surface area (TPSA) is 0 Å². The molecule has 0 aliphatic heterocycles. The molecule has 0 aromatic carbocycles. The van der Waals surface area contributed by atoms with E-state index >= 15 is 0 Å². The molecule has 1 fully saturated rings. The van der Waals surface area contributed by atoms with Crippen molar-refractivity contribution in [3.63, 3.8) is 0 Å². The Balaban J connectivity index is 2.10. The highest BCUT2D eigenvalue weighted by Crippen LogP contribution is 2.52. The Labute approximate surface area is 89.8 Å². The van der Waals surface area contributed by atoms with E-state index in [1.165, 1.54) is 19.3 Å². The van der Waals surface area contributed by atoms with Gasteiger partial charge in [0.25, 0.3) is 0 Å². The van der Waals surface area contributed by atoms with E-state index in [-0.39, 0.29) is 0 Å². The minimum atomic E-state index is -0.923. The Morgan fingerprint density at radius 1 is 1.21 bits per heavy atom. The normalized spacial score (nSPS) is 37.9. The van der Waals surface area contributed by atoms with Gasteiger partial charge in [-0.25, -0.2) is 0 Å². The summed E-state index contributed by atoms with van der Waals surface area (Å²) >= 11 is 0. The summed E-state index contributed by atoms with van der Waals surface area (Å²) in [5.41, 5.74) is 1.06. The monoisotopic (exact) mass is 208 g/mol. The van der Waals surface area contributed by atoms with E-state index in [0.29, 0.717) is 0 Å². The van der Waals surface area contributed by atoms with Crippen molar-refractivity contribution in [2.75, 3.05) is 0 Å². The molecule has 14 heavy (non-hydrogen) atoms. The molecule has 1 heteroatoms. The SMILES string of the molecule is CCC(C1CC2C=CC1C2)[Si](C)(C)C. The summed E-state index contributed by atoms with van der Waals surface area (Å²) in [5, 5.41) is 0. The van der Waals surface area contributed by atoms with E-state index in [0.717, 1.165) is 23.3 Å². The third kappa shape index (κ3) is 1.71. The molecule has 4 unspecified atom stereocenters. The number of hydrogen-bond acceptors (Lipinski definition) is 0. The molecule has 1 saturated carbocycles. The minimum Gasteiger partial charge on any atom is -0.0851 e. The van der Waals surface area contributed by atoms with Gasteiger partial charge in [0, 0.05) is 8.07 Å². The molecule has 0 spiro atoms. The van der Waals surface area contributed by atoms with Gasteiger partial charge in [-0.1, -0.05) is 45.1 Å². The van der Waals surface area contributed by atoms with Gasteiger partial charge >= 0.3 is 0 Å². The zero-order valence-corrected chi connectivity index (χ0v) is 11.1. The van der Waals surface area contributed by atoms with Crippen LogP contribution in [-0.2, 0) is 0 Å². The van der Waals surface area contributed by atoms with E-state index in [1.807, 2.05) is 0 Å². The molecule has 2 rings (SSSR count). The fourth-order valence-corrected chi connectivity index (χ4v) is 6.74. The Morgan fingerprint density at radius 2 is 1.93 bits per heavy atom. The fourth-order valence-electron chi connectivity index (χ4n) is 3.84. The van der Waals surface area contributed by atoms with Crippen molar-refractivity contribution in [2.45, 2.75) is 51.4 Å². The van der Waals surface area contributed by atoms with Crippen molar-refractivity contribution >= 4 is 8.07 Å². The largest absolute Gasteiger partial charge is 0.0851 e. The predicted molar refractivity (Wildman–Crippen MR) is 66.2 cm³/mol. The zero-order chi connectivity index (χ0) is 10.3. The van der Waals surface area contributed by atoms with Crippen molar-refractivity contribution in [1.82, 2.24) is 0 Å². The summed E-state index contributed by atoms with van der Waals surface area (Å²) in [7, 11) is -0.923. The third-order valence-electron chi connectivity index (χ3n) is 4.40. The second-order valence-electron chi connectivity index (χ2n) is 6.32. The van der Waals surface area contributed by atoms with Crippen molar-refractivity contribution in [3.05, 3.63) is 12.2 Å². The lowest BCUT2D eigenvalue weighted by atomic mass is 9.89. The molecule has 80 valence electrons. The number of rotatable bonds is 3. The predicted octanol–water partition coefficient (Wildman–Crippen LogP) is 4.32. The van der Waals surface area contributed by atoms with Crippen LogP contribution in [0.2, 0.25) is 25.2 Å². The first-order valence-corrected chi connectivity index (χ1v) is 9.78. The van der Waals surface area contributed by atoms with Gasteiger partial charge in [0.2, 0.25) is 0 Å². The van der Waals surface area contributed by atoms with Crippen LogP contribution in [0.3, 0.4) is 0 Å². The minimum absolute atomic E-state index is 0.923. The van der Waals surface area contributed by atoms with Crippen molar-refractivity contribution < 1.29 is 0 Å². The Bertz CT molecular complexity index is 236. The highest BCUT2D eigenvalue weighted by Gasteiger charge is 2.43. The maximum absolute atomic E-state index is 2.55. The number of fused-ring (bicyclic) bond motifs is 2. The first-order chi connectivity index (χ1) is 6.52. The van der Waals surface area contributed by atoms with Crippen LogP contribution < -0.4 is 0 Å². The van der Waals surface area contributed by atoms with Gasteiger partial charge in [-0.05, 0) is 36.1 Å². The van der Waals surface area contributed by atoms with Gasteiger partial charge in [0.15, 0.2) is 0 Å². The third-order valence-corrected chi connectivity index (χ3v) is 7.46. The van der Waals surface area contributed by atoms with Crippen LogP contribution in [0.25, 0.3) is 0 Å². The lowest BCUT2D eigenvalue weighted by Gasteiger charge is -2.36. The molecule has 0 radical (unpaired) electrons. The molecule has 0 heterocycles. The van der Waals surface area contributed by atoms with Crippen LogP contribution in [0, 0.1) is 17.8 Å². The number of allylic oxidation sites excluding steroid dienone is 2. The highest BCUT2D eigenvalue weighted by atomic mass is 28.3. The van der Waals surface area contributed by atoms with Crippen LogP contribution in [0.1, 0.15) is 26.2 Å². The molecule has 0 aromatic heterocycles. The molecule has 4 atom stereocenters. The standard InChI is InChI=1S/C13H24Si/c1-5-13(14(2,3)4)12-9-10-6-7-11(12)8-10/h6-7,10-13H,5,8-9H2,1-4H3. The quantitative estimate of drug-likeness (QED) is 0.479. The lowest BCUT2D eigenvalue weighted by Crippen LogP contribution is -2.34. The smallest absolute Gasteiger partial charge is 0.0476 e. The van der Waals surface area contributed by atoms with E-state index in [9.17, 15) is 0 Å². The summed E-state index contributed by atoms with van der Waals surface area (Å²) < 4.78 is 0. The molecule has 0 amide bonds. The molecule has 2 bridgehead atoms. The van der Waals surface area contributed by atoms with Gasteiger partial charge in [0.1, 0.15) is 0 Å². The van der Waals surface area contributed by atoms with Crippen LogP contribution in [0.4, 0.5) is 0 Å². The number of hydrogen-bond donors (Lipinski definition) is 0. The molecule has 0 aromatic rings. The fraction of sp³-hybridized carbons (Fsp3) is 0.846. The molecule has 0 saturated heterocycles. The van der Waals surface area contributed by atoms with Crippen LogP contribution >= 0.6 is 0 Å². The summed E-state index contributed by atoms with van der Waals surface area (Å²) in [4.78, 5) is 0. The average molecular weight is 208 g/mol. The molecule has 0 nitrogen and oxygen atoms in total. The molecule has 2 aliphatic rings. The molecule has 2 aliphatic carbocycles. The van der Waals surface area contributed by atoms with Gasteiger partial charge in [0.05, 0.1) is 0 Å². The molecular formula is C13H24Si. The van der Waals surface area contributed by atoms with Crippen molar-refractivity contribution in [1.29, 1.82) is 0 Å². The maximum Gasteiger partial charge on any atom is 0.0476 e. The second-order valence-corrected chi connectivity index (χ2v) is 11.8. The second kappa shape index (κ2) is 3.51. The highest BCUT2D eigenvalue weighted by molar-refractivity contribution is 6.77. The Kier molecular flexibility index (Phi) is 2.63. The van der Waals surface area contributed by atoms with Crippen LogP contribution in [0.5, 0.6) is 0 Å². The van der Waals surface area contributed by atoms with Crippen LogP contribution in [-0.4, -0.2) is 8.07 Å². The summed E-state index contributed by atoms with van der Waals surface area (Å²) in [5.74, 6) is 2.95. The van der Waals surface area contributed by atoms with E-state index in [2.05, 4.69) is 38.7 Å². The Hall–Kier alpha value is -0.0431. The van der Waals surface area contributed by atoms with Gasteiger partial charge in [-0.15, -0.1) is 0 Å². The van der Waals surface area contributed by atoms with Crippen molar-refractivity contribution in [2.24, 2.45) is 17.8 Å². The maximum atomic E-state index is 2.55. The van der Waals surface area contributed by atoms with Gasteiger partial charge in [-0.3, -0.25) is 0 Å². The molecule has 0 N–H and O–H groups in total.